The fourth-order valence-corrected chi connectivity index (χ4v) is 0.913. The molecule has 0 aliphatic heterocycles. The van der Waals surface area contributed by atoms with Gasteiger partial charge in [0, 0.05) is 6.54 Å². The summed E-state index contributed by atoms with van der Waals surface area (Å²) in [4.78, 5) is 11.6. The van der Waals surface area contributed by atoms with Gasteiger partial charge in [0.25, 0.3) is 0 Å². The van der Waals surface area contributed by atoms with E-state index in [1.807, 2.05) is 19.9 Å². The van der Waals surface area contributed by atoms with Gasteiger partial charge in [0.1, 0.15) is 5.76 Å². The highest BCUT2D eigenvalue weighted by Gasteiger charge is 2.25. The van der Waals surface area contributed by atoms with E-state index in [4.69, 9.17) is 10.2 Å². The molecule has 0 radical (unpaired) electrons. The summed E-state index contributed by atoms with van der Waals surface area (Å²) in [6.07, 6.45) is 1.58. The van der Waals surface area contributed by atoms with Gasteiger partial charge in [-0.2, -0.15) is 0 Å². The van der Waals surface area contributed by atoms with Crippen LogP contribution in [0, 0.1) is 5.41 Å². The van der Waals surface area contributed by atoms with E-state index >= 15 is 0 Å². The highest BCUT2D eigenvalue weighted by Crippen LogP contribution is 2.12. The van der Waals surface area contributed by atoms with Gasteiger partial charge in [-0.05, 0) is 26.0 Å². The van der Waals surface area contributed by atoms with Gasteiger partial charge in [0.2, 0.25) is 5.91 Å². The lowest BCUT2D eigenvalue weighted by Crippen LogP contribution is -2.41. The predicted octanol–water partition coefficient (Wildman–Crippen LogP) is 0.881. The average Bonchev–Trinajstić information content (AvgIpc) is 2.66. The van der Waals surface area contributed by atoms with Crippen LogP contribution >= 0.6 is 0 Å². The van der Waals surface area contributed by atoms with Crippen LogP contribution in [0.15, 0.2) is 22.8 Å². The molecule has 0 aliphatic rings. The van der Waals surface area contributed by atoms with Gasteiger partial charge in [-0.25, -0.2) is 0 Å². The molecule has 1 amide bonds. The van der Waals surface area contributed by atoms with E-state index < -0.39 is 5.41 Å². The average molecular weight is 196 g/mol. The number of nitrogens with two attached hydrogens (primary N) is 1. The third-order valence-corrected chi connectivity index (χ3v) is 2.13. The number of carbonyl (C=O) groups is 1. The minimum atomic E-state index is -0.521. The van der Waals surface area contributed by atoms with Crippen molar-refractivity contribution in [2.45, 2.75) is 20.4 Å². The first kappa shape index (κ1) is 10.8. The molecule has 14 heavy (non-hydrogen) atoms. The summed E-state index contributed by atoms with van der Waals surface area (Å²) in [5, 5.41) is 2.76. The van der Waals surface area contributed by atoms with Crippen LogP contribution in [0.2, 0.25) is 0 Å². The summed E-state index contributed by atoms with van der Waals surface area (Å²) in [5.41, 5.74) is 4.95. The molecule has 1 aromatic heterocycles. The van der Waals surface area contributed by atoms with E-state index in [-0.39, 0.29) is 5.91 Å². The zero-order chi connectivity index (χ0) is 10.6. The lowest BCUT2D eigenvalue weighted by Gasteiger charge is -2.20. The van der Waals surface area contributed by atoms with Crippen molar-refractivity contribution in [2.75, 3.05) is 6.54 Å². The number of rotatable bonds is 4. The number of hydrogen-bond acceptors (Lipinski definition) is 3. The molecule has 1 rings (SSSR count). The molecule has 0 saturated heterocycles. The van der Waals surface area contributed by atoms with Crippen molar-refractivity contribution in [3.63, 3.8) is 0 Å². The Morgan fingerprint density at radius 3 is 2.86 bits per heavy atom. The molecule has 0 spiro atoms. The van der Waals surface area contributed by atoms with Gasteiger partial charge in [0.15, 0.2) is 0 Å². The number of carbonyl (C=O) groups excluding carboxylic acids is 1. The fraction of sp³-hybridized carbons (Fsp3) is 0.500. The Labute approximate surface area is 83.5 Å². The molecule has 3 N–H and O–H groups in total. The minimum Gasteiger partial charge on any atom is -0.467 e. The molecule has 0 aromatic carbocycles. The van der Waals surface area contributed by atoms with Gasteiger partial charge in [-0.15, -0.1) is 0 Å². The molecular weight excluding hydrogens is 180 g/mol. The smallest absolute Gasteiger partial charge is 0.227 e. The Balaban J connectivity index is 2.43. The minimum absolute atomic E-state index is 0.0589. The van der Waals surface area contributed by atoms with Gasteiger partial charge in [0.05, 0.1) is 18.2 Å². The van der Waals surface area contributed by atoms with Crippen molar-refractivity contribution in [3.05, 3.63) is 24.2 Å². The van der Waals surface area contributed by atoms with Crippen LogP contribution < -0.4 is 11.1 Å². The van der Waals surface area contributed by atoms with E-state index in [1.165, 1.54) is 0 Å². The molecule has 4 heteroatoms. The Morgan fingerprint density at radius 2 is 2.36 bits per heavy atom. The topological polar surface area (TPSA) is 68.3 Å². The van der Waals surface area contributed by atoms with Gasteiger partial charge in [-0.3, -0.25) is 4.79 Å². The summed E-state index contributed by atoms with van der Waals surface area (Å²) in [6, 6.07) is 3.60. The van der Waals surface area contributed by atoms with E-state index in [9.17, 15) is 4.79 Å². The van der Waals surface area contributed by atoms with Crippen LogP contribution in [0.25, 0.3) is 0 Å². The molecular formula is C10H16N2O2. The van der Waals surface area contributed by atoms with Crippen LogP contribution in [0.1, 0.15) is 19.6 Å². The normalized spacial score (nSPS) is 11.4. The largest absolute Gasteiger partial charge is 0.467 e. The van der Waals surface area contributed by atoms with Crippen molar-refractivity contribution < 1.29 is 9.21 Å². The van der Waals surface area contributed by atoms with Gasteiger partial charge in [-0.1, -0.05) is 0 Å². The summed E-state index contributed by atoms with van der Waals surface area (Å²) in [6.45, 7) is 4.36. The van der Waals surface area contributed by atoms with Crippen LogP contribution in [-0.2, 0) is 11.3 Å². The highest BCUT2D eigenvalue weighted by molar-refractivity contribution is 5.81. The Hall–Kier alpha value is -1.29. The molecule has 0 saturated carbocycles. The lowest BCUT2D eigenvalue weighted by atomic mass is 9.93. The Morgan fingerprint density at radius 1 is 1.64 bits per heavy atom. The molecule has 0 unspecified atom stereocenters. The third-order valence-electron chi connectivity index (χ3n) is 2.13. The Bertz CT molecular complexity index is 291. The Kier molecular flexibility index (Phi) is 3.30. The fourth-order valence-electron chi connectivity index (χ4n) is 0.913. The number of hydrogen-bond donors (Lipinski definition) is 2. The molecule has 0 bridgehead atoms. The first-order chi connectivity index (χ1) is 6.56. The maximum absolute atomic E-state index is 11.6. The summed E-state index contributed by atoms with van der Waals surface area (Å²) < 4.78 is 5.08. The first-order valence-electron chi connectivity index (χ1n) is 4.57. The number of amides is 1. The predicted molar refractivity (Wildman–Crippen MR) is 53.4 cm³/mol. The van der Waals surface area contributed by atoms with Crippen molar-refractivity contribution in [1.29, 1.82) is 0 Å². The van der Waals surface area contributed by atoms with Crippen LogP contribution in [0.4, 0.5) is 0 Å². The molecule has 78 valence electrons. The molecule has 1 aromatic rings. The summed E-state index contributed by atoms with van der Waals surface area (Å²) in [7, 11) is 0. The quantitative estimate of drug-likeness (QED) is 0.751. The SMILES string of the molecule is CC(C)(CN)C(=O)NCc1ccco1. The second-order valence-corrected chi connectivity index (χ2v) is 3.85. The molecule has 1 heterocycles. The highest BCUT2D eigenvalue weighted by atomic mass is 16.3. The van der Waals surface area contributed by atoms with E-state index in [1.54, 1.807) is 12.3 Å². The van der Waals surface area contributed by atoms with E-state index in [0.29, 0.717) is 13.1 Å². The lowest BCUT2D eigenvalue weighted by molar-refractivity contribution is -0.129. The zero-order valence-electron chi connectivity index (χ0n) is 8.54. The van der Waals surface area contributed by atoms with Gasteiger partial charge >= 0.3 is 0 Å². The monoisotopic (exact) mass is 196 g/mol. The first-order valence-corrected chi connectivity index (χ1v) is 4.57. The second kappa shape index (κ2) is 4.28. The maximum Gasteiger partial charge on any atom is 0.227 e. The van der Waals surface area contributed by atoms with Crippen molar-refractivity contribution in [2.24, 2.45) is 11.1 Å². The van der Waals surface area contributed by atoms with E-state index in [0.717, 1.165) is 5.76 Å². The van der Waals surface area contributed by atoms with E-state index in [2.05, 4.69) is 5.32 Å². The molecule has 4 nitrogen and oxygen atoms in total. The number of furan rings is 1. The zero-order valence-corrected chi connectivity index (χ0v) is 8.54. The van der Waals surface area contributed by atoms with Crippen molar-refractivity contribution >= 4 is 5.91 Å². The third kappa shape index (κ3) is 2.60. The van der Waals surface area contributed by atoms with Crippen molar-refractivity contribution in [1.82, 2.24) is 5.32 Å². The standard InChI is InChI=1S/C10H16N2O2/c1-10(2,7-11)9(13)12-6-8-4-3-5-14-8/h3-5H,6-7,11H2,1-2H3,(H,12,13). The van der Waals surface area contributed by atoms with Crippen LogP contribution in [0.3, 0.4) is 0 Å². The maximum atomic E-state index is 11.6. The van der Waals surface area contributed by atoms with Gasteiger partial charge < -0.3 is 15.5 Å². The summed E-state index contributed by atoms with van der Waals surface area (Å²) in [5.74, 6) is 0.683. The van der Waals surface area contributed by atoms with Crippen LogP contribution in [-0.4, -0.2) is 12.5 Å². The number of nitrogens with one attached hydrogen (secondary N) is 1. The second-order valence-electron chi connectivity index (χ2n) is 3.85. The van der Waals surface area contributed by atoms with Crippen molar-refractivity contribution in [3.8, 4) is 0 Å². The summed E-state index contributed by atoms with van der Waals surface area (Å²) >= 11 is 0. The molecule has 0 atom stereocenters. The molecule has 0 aliphatic carbocycles. The van der Waals surface area contributed by atoms with Crippen LogP contribution in [0.5, 0.6) is 0 Å². The molecule has 0 fully saturated rings.